The molecule has 2 N–H and O–H groups in total. The van der Waals surface area contributed by atoms with E-state index in [1.54, 1.807) is 12.4 Å². The third-order valence-corrected chi connectivity index (χ3v) is 6.35. The lowest BCUT2D eigenvalue weighted by Gasteiger charge is -2.22. The molecule has 1 amide bonds. The molecular formula is C29H29N5O2. The zero-order valence-electron chi connectivity index (χ0n) is 20.3. The monoisotopic (exact) mass is 479 g/mol. The van der Waals surface area contributed by atoms with Crippen molar-refractivity contribution in [1.29, 1.82) is 0 Å². The van der Waals surface area contributed by atoms with Crippen LogP contribution >= 0.6 is 0 Å². The maximum absolute atomic E-state index is 12.6. The van der Waals surface area contributed by atoms with Gasteiger partial charge < -0.3 is 14.7 Å². The number of fused-ring (bicyclic) bond motifs is 1. The quantitative estimate of drug-likeness (QED) is 0.293. The number of aryl methyl sites for hydroxylation is 1. The van der Waals surface area contributed by atoms with Crippen LogP contribution in [0.1, 0.15) is 38.6 Å². The molecule has 182 valence electrons. The SMILES string of the molecule is Cc1ccccc1CN(CCc1c[nH]c2ccccc12)Cc1nc(C(=O)NCc2cccnc2)co1. The van der Waals surface area contributed by atoms with E-state index < -0.39 is 0 Å². The Morgan fingerprint density at radius 3 is 2.75 bits per heavy atom. The third-order valence-electron chi connectivity index (χ3n) is 6.35. The number of benzene rings is 2. The maximum Gasteiger partial charge on any atom is 0.273 e. The number of aromatic nitrogens is 3. The summed E-state index contributed by atoms with van der Waals surface area (Å²) >= 11 is 0. The molecule has 0 spiro atoms. The fourth-order valence-corrected chi connectivity index (χ4v) is 4.31. The van der Waals surface area contributed by atoms with Crippen molar-refractivity contribution in [2.75, 3.05) is 6.54 Å². The predicted octanol–water partition coefficient (Wildman–Crippen LogP) is 5.03. The Hall–Kier alpha value is -4.23. The summed E-state index contributed by atoms with van der Waals surface area (Å²) in [5, 5.41) is 4.12. The molecule has 36 heavy (non-hydrogen) atoms. The zero-order valence-corrected chi connectivity index (χ0v) is 20.3. The number of nitrogens with one attached hydrogen (secondary N) is 2. The van der Waals surface area contributed by atoms with Gasteiger partial charge in [-0.05, 0) is 47.7 Å². The highest BCUT2D eigenvalue weighted by molar-refractivity contribution is 5.91. The molecule has 0 radical (unpaired) electrons. The van der Waals surface area contributed by atoms with E-state index in [1.807, 2.05) is 18.2 Å². The van der Waals surface area contributed by atoms with Crippen LogP contribution < -0.4 is 5.32 Å². The molecule has 0 saturated heterocycles. The summed E-state index contributed by atoms with van der Waals surface area (Å²) in [4.78, 5) is 26.8. The first-order chi connectivity index (χ1) is 17.7. The number of nitrogens with zero attached hydrogens (tertiary/aromatic N) is 3. The number of pyridine rings is 1. The average molecular weight is 480 g/mol. The van der Waals surface area contributed by atoms with Crippen molar-refractivity contribution in [1.82, 2.24) is 25.2 Å². The number of aromatic amines is 1. The summed E-state index contributed by atoms with van der Waals surface area (Å²) in [7, 11) is 0. The van der Waals surface area contributed by atoms with Gasteiger partial charge in [-0.1, -0.05) is 48.5 Å². The van der Waals surface area contributed by atoms with Crippen molar-refractivity contribution in [2.45, 2.75) is 33.0 Å². The molecule has 0 saturated carbocycles. The first-order valence-corrected chi connectivity index (χ1v) is 12.1. The number of oxazole rings is 1. The fraction of sp³-hybridized carbons (Fsp3) is 0.207. The number of H-pyrrole nitrogens is 1. The van der Waals surface area contributed by atoms with Crippen LogP contribution in [0.3, 0.4) is 0 Å². The van der Waals surface area contributed by atoms with Gasteiger partial charge in [-0.2, -0.15) is 0 Å². The average Bonchev–Trinajstić information content (AvgIpc) is 3.55. The number of hydrogen-bond donors (Lipinski definition) is 2. The highest BCUT2D eigenvalue weighted by Gasteiger charge is 2.16. The zero-order chi connectivity index (χ0) is 24.7. The third kappa shape index (κ3) is 5.70. The first-order valence-electron chi connectivity index (χ1n) is 12.1. The molecule has 0 aliphatic carbocycles. The van der Waals surface area contributed by atoms with Gasteiger partial charge in [0.15, 0.2) is 5.69 Å². The minimum atomic E-state index is -0.266. The Kier molecular flexibility index (Phi) is 7.19. The van der Waals surface area contributed by atoms with Crippen molar-refractivity contribution >= 4 is 16.8 Å². The molecule has 0 fully saturated rings. The summed E-state index contributed by atoms with van der Waals surface area (Å²) in [6.07, 6.45) is 7.84. The van der Waals surface area contributed by atoms with Gasteiger partial charge in [0.25, 0.3) is 5.91 Å². The van der Waals surface area contributed by atoms with Crippen molar-refractivity contribution in [2.24, 2.45) is 0 Å². The van der Waals surface area contributed by atoms with Gasteiger partial charge in [-0.25, -0.2) is 4.98 Å². The van der Waals surface area contributed by atoms with Crippen molar-refractivity contribution in [3.63, 3.8) is 0 Å². The molecular weight excluding hydrogens is 450 g/mol. The van der Waals surface area contributed by atoms with Crippen LogP contribution in [-0.4, -0.2) is 32.3 Å². The van der Waals surface area contributed by atoms with Gasteiger partial charge in [-0.3, -0.25) is 14.7 Å². The Morgan fingerprint density at radius 1 is 1.03 bits per heavy atom. The number of para-hydroxylation sites is 1. The lowest BCUT2D eigenvalue weighted by molar-refractivity contribution is 0.0945. The molecule has 0 bridgehead atoms. The van der Waals surface area contributed by atoms with Gasteiger partial charge in [-0.15, -0.1) is 0 Å². The van der Waals surface area contributed by atoms with Gasteiger partial charge in [0.05, 0.1) is 6.54 Å². The minimum absolute atomic E-state index is 0.266. The number of rotatable bonds is 10. The summed E-state index contributed by atoms with van der Waals surface area (Å²) < 4.78 is 5.71. The van der Waals surface area contributed by atoms with Crippen LogP contribution in [-0.2, 0) is 26.1 Å². The van der Waals surface area contributed by atoms with Crippen molar-refractivity contribution in [3.05, 3.63) is 119 Å². The highest BCUT2D eigenvalue weighted by atomic mass is 16.3. The van der Waals surface area contributed by atoms with Crippen LogP contribution in [0.4, 0.5) is 0 Å². The van der Waals surface area contributed by atoms with E-state index in [-0.39, 0.29) is 11.6 Å². The lowest BCUT2D eigenvalue weighted by Crippen LogP contribution is -2.26. The number of hydrogen-bond acceptors (Lipinski definition) is 5. The molecule has 7 heteroatoms. The molecule has 0 atom stereocenters. The molecule has 7 nitrogen and oxygen atoms in total. The summed E-state index contributed by atoms with van der Waals surface area (Å²) in [6.45, 7) is 4.61. The summed E-state index contributed by atoms with van der Waals surface area (Å²) in [5.74, 6) is 0.257. The Balaban J connectivity index is 1.27. The van der Waals surface area contributed by atoms with E-state index in [2.05, 4.69) is 80.8 Å². The normalized spacial score (nSPS) is 11.3. The van der Waals surface area contributed by atoms with Gasteiger partial charge in [0.1, 0.15) is 6.26 Å². The van der Waals surface area contributed by atoms with Crippen LogP contribution in [0.5, 0.6) is 0 Å². The van der Waals surface area contributed by atoms with Crippen molar-refractivity contribution < 1.29 is 9.21 Å². The van der Waals surface area contributed by atoms with E-state index in [9.17, 15) is 4.79 Å². The van der Waals surface area contributed by atoms with Gasteiger partial charge in [0.2, 0.25) is 5.89 Å². The second kappa shape index (κ2) is 11.0. The molecule has 3 heterocycles. The largest absolute Gasteiger partial charge is 0.447 e. The Labute approximate surface area is 210 Å². The van der Waals surface area contributed by atoms with E-state index in [0.29, 0.717) is 19.0 Å². The number of amides is 1. The van der Waals surface area contributed by atoms with Gasteiger partial charge >= 0.3 is 0 Å². The minimum Gasteiger partial charge on any atom is -0.447 e. The van der Waals surface area contributed by atoms with Crippen molar-refractivity contribution in [3.8, 4) is 0 Å². The smallest absolute Gasteiger partial charge is 0.273 e. The van der Waals surface area contributed by atoms with Crippen LogP contribution in [0.15, 0.2) is 89.9 Å². The maximum atomic E-state index is 12.6. The fourth-order valence-electron chi connectivity index (χ4n) is 4.31. The van der Waals surface area contributed by atoms with Crippen LogP contribution in [0.2, 0.25) is 0 Å². The van der Waals surface area contributed by atoms with Crippen LogP contribution in [0, 0.1) is 6.92 Å². The highest BCUT2D eigenvalue weighted by Crippen LogP contribution is 2.20. The van der Waals surface area contributed by atoms with E-state index in [1.165, 1.54) is 28.3 Å². The second-order valence-electron chi connectivity index (χ2n) is 8.92. The Bertz CT molecular complexity index is 1440. The van der Waals surface area contributed by atoms with E-state index >= 15 is 0 Å². The topological polar surface area (TPSA) is 87.0 Å². The van der Waals surface area contributed by atoms with E-state index in [0.717, 1.165) is 30.6 Å². The first kappa shape index (κ1) is 23.5. The van der Waals surface area contributed by atoms with Gasteiger partial charge in [0, 0.05) is 49.1 Å². The predicted molar refractivity (Wildman–Crippen MR) is 139 cm³/mol. The molecule has 3 aromatic heterocycles. The summed E-state index contributed by atoms with van der Waals surface area (Å²) in [6, 6.07) is 20.5. The molecule has 2 aromatic carbocycles. The second-order valence-corrected chi connectivity index (χ2v) is 8.92. The molecule has 0 aliphatic heterocycles. The van der Waals surface area contributed by atoms with E-state index in [4.69, 9.17) is 4.42 Å². The molecule has 0 unspecified atom stereocenters. The Morgan fingerprint density at radius 2 is 1.89 bits per heavy atom. The lowest BCUT2D eigenvalue weighted by atomic mass is 10.1. The number of carbonyl (C=O) groups is 1. The number of carbonyl (C=O) groups excluding carboxylic acids is 1. The molecule has 5 rings (SSSR count). The molecule has 5 aromatic rings. The summed E-state index contributed by atoms with van der Waals surface area (Å²) in [5.41, 5.74) is 6.14. The standard InChI is InChI=1S/C29H29N5O2/c1-21-7-2-3-9-24(21)18-34(14-12-23-17-31-26-11-5-4-10-25(23)26)19-28-33-27(20-36-28)29(35)32-16-22-8-6-13-30-15-22/h2-11,13,15,17,20,31H,12,14,16,18-19H2,1H3,(H,32,35). The molecule has 0 aliphatic rings. The van der Waals surface area contributed by atoms with Crippen LogP contribution in [0.25, 0.3) is 10.9 Å².